The van der Waals surface area contributed by atoms with Crippen LogP contribution in [0.5, 0.6) is 0 Å². The van der Waals surface area contributed by atoms with Gasteiger partial charge in [0.15, 0.2) is 0 Å². The van der Waals surface area contributed by atoms with Gasteiger partial charge in [0.2, 0.25) is 0 Å². The summed E-state index contributed by atoms with van der Waals surface area (Å²) in [5.41, 5.74) is 0. The van der Waals surface area contributed by atoms with Crippen LogP contribution in [0.25, 0.3) is 0 Å². The van der Waals surface area contributed by atoms with Crippen molar-refractivity contribution in [2.45, 2.75) is 6.43 Å². The van der Waals surface area contributed by atoms with Gasteiger partial charge in [0.1, 0.15) is 13.2 Å². The first-order chi connectivity index (χ1) is 8.47. The molecule has 0 fully saturated rings. The fraction of sp³-hybridized carbons (Fsp3) is 0.600. The topological polar surface area (TPSA) is 78.9 Å². The summed E-state index contributed by atoms with van der Waals surface area (Å²) in [4.78, 5) is 23.0. The monoisotopic (exact) mass is 266 g/mol. The summed E-state index contributed by atoms with van der Waals surface area (Å²) >= 11 is 0. The van der Waals surface area contributed by atoms with E-state index in [2.05, 4.69) is 16.6 Å². The molecule has 0 rings (SSSR count). The van der Waals surface area contributed by atoms with E-state index in [4.69, 9.17) is 5.11 Å². The third-order valence-corrected chi connectivity index (χ3v) is 1.73. The summed E-state index contributed by atoms with van der Waals surface area (Å²) in [5, 5.41) is 10.9. The zero-order valence-corrected chi connectivity index (χ0v) is 9.77. The van der Waals surface area contributed by atoms with Gasteiger partial charge in [-0.05, 0) is 0 Å². The number of carboxylic acids is 1. The molecule has 0 aliphatic carbocycles. The van der Waals surface area contributed by atoms with Gasteiger partial charge in [-0.15, -0.1) is 6.58 Å². The number of amides is 2. The molecule has 0 aliphatic rings. The first-order valence-corrected chi connectivity index (χ1v) is 5.18. The molecule has 0 heterocycles. The quantitative estimate of drug-likeness (QED) is 0.472. The maximum atomic E-state index is 11.7. The van der Waals surface area contributed by atoms with Crippen LogP contribution < -0.4 is 5.32 Å². The molecular formula is C10H16F2N2O4. The predicted octanol–water partition coefficient (Wildman–Crippen LogP) is 0.550. The highest BCUT2D eigenvalue weighted by Crippen LogP contribution is 1.92. The summed E-state index contributed by atoms with van der Waals surface area (Å²) < 4.78 is 27.9. The number of alkyl halides is 2. The number of carbonyl (C=O) groups is 2. The van der Waals surface area contributed by atoms with Crippen molar-refractivity contribution in [2.24, 2.45) is 0 Å². The van der Waals surface area contributed by atoms with Crippen LogP contribution in [0.2, 0.25) is 0 Å². The number of carbonyl (C=O) groups excluding carboxylic acids is 1. The number of nitrogens with one attached hydrogen (secondary N) is 1. The summed E-state index contributed by atoms with van der Waals surface area (Å²) in [7, 11) is 0. The van der Waals surface area contributed by atoms with Crippen molar-refractivity contribution < 1.29 is 28.2 Å². The van der Waals surface area contributed by atoms with E-state index in [-0.39, 0.29) is 19.7 Å². The lowest BCUT2D eigenvalue weighted by Gasteiger charge is -2.19. The summed E-state index contributed by atoms with van der Waals surface area (Å²) in [5.74, 6) is -1.15. The van der Waals surface area contributed by atoms with Gasteiger partial charge in [-0.1, -0.05) is 6.08 Å². The third-order valence-electron chi connectivity index (χ3n) is 1.73. The summed E-state index contributed by atoms with van der Waals surface area (Å²) in [6.07, 6.45) is -1.17. The van der Waals surface area contributed by atoms with Gasteiger partial charge in [-0.25, -0.2) is 13.6 Å². The van der Waals surface area contributed by atoms with E-state index in [1.165, 1.54) is 6.08 Å². The van der Waals surface area contributed by atoms with Crippen LogP contribution in [-0.4, -0.2) is 61.3 Å². The number of aliphatic carboxylic acids is 1. The molecular weight excluding hydrogens is 250 g/mol. The Morgan fingerprint density at radius 3 is 2.67 bits per heavy atom. The Balaban J connectivity index is 3.88. The summed E-state index contributed by atoms with van der Waals surface area (Å²) in [6, 6.07) is -0.613. The zero-order valence-electron chi connectivity index (χ0n) is 9.77. The van der Waals surface area contributed by atoms with Gasteiger partial charge >= 0.3 is 12.0 Å². The number of urea groups is 1. The number of rotatable bonds is 9. The van der Waals surface area contributed by atoms with Crippen LogP contribution in [0.4, 0.5) is 13.6 Å². The van der Waals surface area contributed by atoms with Crippen LogP contribution in [0.15, 0.2) is 12.7 Å². The SMILES string of the molecule is C=CCN(CC(=O)O)C(=O)NCCOCC(F)F. The van der Waals surface area contributed by atoms with Crippen LogP contribution >= 0.6 is 0 Å². The van der Waals surface area contributed by atoms with E-state index >= 15 is 0 Å². The van der Waals surface area contributed by atoms with Gasteiger partial charge in [0.25, 0.3) is 6.43 Å². The van der Waals surface area contributed by atoms with Crippen molar-refractivity contribution in [3.8, 4) is 0 Å². The standard InChI is InChI=1S/C10H16F2N2O4/c1-2-4-14(6-9(15)16)10(17)13-3-5-18-7-8(11)12/h2,8H,1,3-7H2,(H,13,17)(H,15,16). The molecule has 0 saturated heterocycles. The largest absolute Gasteiger partial charge is 0.480 e. The maximum Gasteiger partial charge on any atom is 0.323 e. The molecule has 0 aromatic heterocycles. The Hall–Kier alpha value is -1.70. The smallest absolute Gasteiger partial charge is 0.323 e. The molecule has 0 saturated carbocycles. The van der Waals surface area contributed by atoms with Crippen LogP contribution in [0, 0.1) is 0 Å². The average molecular weight is 266 g/mol. The minimum Gasteiger partial charge on any atom is -0.480 e. The molecule has 0 atom stereocenters. The Labute approximate surface area is 103 Å². The average Bonchev–Trinajstić information content (AvgIpc) is 2.26. The van der Waals surface area contributed by atoms with Crippen molar-refractivity contribution in [2.75, 3.05) is 32.8 Å². The Bertz CT molecular complexity index is 287. The highest BCUT2D eigenvalue weighted by atomic mass is 19.3. The lowest BCUT2D eigenvalue weighted by Crippen LogP contribution is -2.43. The molecule has 0 unspecified atom stereocenters. The number of ether oxygens (including phenoxy) is 1. The number of hydrogen-bond acceptors (Lipinski definition) is 3. The Morgan fingerprint density at radius 1 is 1.50 bits per heavy atom. The lowest BCUT2D eigenvalue weighted by molar-refractivity contribution is -0.137. The van der Waals surface area contributed by atoms with Crippen molar-refractivity contribution in [3.05, 3.63) is 12.7 Å². The molecule has 2 N–H and O–H groups in total. The van der Waals surface area contributed by atoms with Crippen molar-refractivity contribution in [3.63, 3.8) is 0 Å². The van der Waals surface area contributed by atoms with E-state index in [1.807, 2.05) is 0 Å². The van der Waals surface area contributed by atoms with E-state index in [0.29, 0.717) is 0 Å². The second-order valence-electron chi connectivity index (χ2n) is 3.26. The van der Waals surface area contributed by atoms with Gasteiger partial charge < -0.3 is 20.1 Å². The molecule has 8 heteroatoms. The van der Waals surface area contributed by atoms with Crippen LogP contribution in [0.1, 0.15) is 0 Å². The fourth-order valence-corrected chi connectivity index (χ4v) is 1.05. The van der Waals surface area contributed by atoms with E-state index in [0.717, 1.165) is 4.90 Å². The van der Waals surface area contributed by atoms with Gasteiger partial charge in [-0.2, -0.15) is 0 Å². The lowest BCUT2D eigenvalue weighted by atomic mass is 10.5. The van der Waals surface area contributed by atoms with Crippen molar-refractivity contribution in [1.82, 2.24) is 10.2 Å². The van der Waals surface area contributed by atoms with Gasteiger partial charge in [0, 0.05) is 13.1 Å². The highest BCUT2D eigenvalue weighted by Gasteiger charge is 2.14. The molecule has 6 nitrogen and oxygen atoms in total. The first-order valence-electron chi connectivity index (χ1n) is 5.18. The Kier molecular flexibility index (Phi) is 8.46. The predicted molar refractivity (Wildman–Crippen MR) is 59.6 cm³/mol. The molecule has 104 valence electrons. The van der Waals surface area contributed by atoms with Crippen molar-refractivity contribution in [1.29, 1.82) is 0 Å². The van der Waals surface area contributed by atoms with Gasteiger partial charge in [-0.3, -0.25) is 4.79 Å². The minimum absolute atomic E-state index is 0.0266. The number of nitrogens with zero attached hydrogens (tertiary/aromatic N) is 1. The van der Waals surface area contributed by atoms with E-state index in [1.54, 1.807) is 0 Å². The molecule has 0 spiro atoms. The second-order valence-corrected chi connectivity index (χ2v) is 3.26. The number of hydrogen-bond donors (Lipinski definition) is 2. The Morgan fingerprint density at radius 2 is 2.17 bits per heavy atom. The molecule has 0 aromatic rings. The minimum atomic E-state index is -2.55. The highest BCUT2D eigenvalue weighted by molar-refractivity contribution is 5.80. The molecule has 0 bridgehead atoms. The maximum absolute atomic E-state index is 11.7. The van der Waals surface area contributed by atoms with Crippen LogP contribution in [-0.2, 0) is 9.53 Å². The molecule has 0 radical (unpaired) electrons. The molecule has 2 amide bonds. The number of carboxylic acid groups (broad SMARTS) is 1. The summed E-state index contributed by atoms with van der Waals surface area (Å²) in [6.45, 7) is 2.28. The fourth-order valence-electron chi connectivity index (χ4n) is 1.05. The normalized spacial score (nSPS) is 10.2. The zero-order chi connectivity index (χ0) is 14.0. The third kappa shape index (κ3) is 8.45. The van der Waals surface area contributed by atoms with Gasteiger partial charge in [0.05, 0.1) is 6.61 Å². The van der Waals surface area contributed by atoms with E-state index < -0.39 is 31.6 Å². The second kappa shape index (κ2) is 9.34. The van der Waals surface area contributed by atoms with Crippen LogP contribution in [0.3, 0.4) is 0 Å². The first kappa shape index (κ1) is 16.3. The molecule has 0 aliphatic heterocycles. The number of halogens is 2. The molecule has 18 heavy (non-hydrogen) atoms. The molecule has 0 aromatic carbocycles. The van der Waals surface area contributed by atoms with E-state index in [9.17, 15) is 18.4 Å². The van der Waals surface area contributed by atoms with Crippen molar-refractivity contribution >= 4 is 12.0 Å².